The molecule has 0 unspecified atom stereocenters. The molecule has 72 valence electrons. The summed E-state index contributed by atoms with van der Waals surface area (Å²) >= 11 is 0. The van der Waals surface area contributed by atoms with Crippen LogP contribution in [-0.4, -0.2) is 9.97 Å². The number of nitrogens with one attached hydrogen (secondary N) is 2. The molecule has 0 amide bonds. The van der Waals surface area contributed by atoms with Gasteiger partial charge in [0.05, 0.1) is 13.1 Å². The minimum Gasteiger partial charge on any atom is -0.363 e. The lowest BCUT2D eigenvalue weighted by Gasteiger charge is -1.90. The van der Waals surface area contributed by atoms with Crippen molar-refractivity contribution in [2.75, 3.05) is 0 Å². The molecule has 2 aromatic heterocycles. The average Bonchev–Trinajstić information content (AvgIpc) is 2.86. The molecule has 4 heteroatoms. The fourth-order valence-corrected chi connectivity index (χ4v) is 1.18. The van der Waals surface area contributed by atoms with Crippen molar-refractivity contribution in [3.8, 4) is 0 Å². The Morgan fingerprint density at radius 3 is 1.71 bits per heavy atom. The van der Waals surface area contributed by atoms with Crippen LogP contribution in [0.3, 0.4) is 0 Å². The molecule has 0 saturated heterocycles. The highest BCUT2D eigenvalue weighted by Crippen LogP contribution is 2.00. The van der Waals surface area contributed by atoms with E-state index in [2.05, 4.69) is 20.2 Å². The molecular formula is C10H12N4. The molecule has 2 aromatic rings. The lowest BCUT2D eigenvalue weighted by Crippen LogP contribution is -1.81. The summed E-state index contributed by atoms with van der Waals surface area (Å²) in [4.78, 5) is 6.14. The molecule has 0 fully saturated rings. The molecule has 0 saturated carbocycles. The fourth-order valence-electron chi connectivity index (χ4n) is 1.18. The molecule has 0 spiro atoms. The van der Waals surface area contributed by atoms with Crippen LogP contribution in [0.5, 0.6) is 0 Å². The van der Waals surface area contributed by atoms with Crippen LogP contribution < -0.4 is 0 Å². The van der Waals surface area contributed by atoms with Crippen LogP contribution in [0.25, 0.3) is 0 Å². The third-order valence-electron chi connectivity index (χ3n) is 1.91. The lowest BCUT2D eigenvalue weighted by molar-refractivity contribution is 0.825. The van der Waals surface area contributed by atoms with Crippen LogP contribution in [0.15, 0.2) is 46.9 Å². The molecule has 2 N–H and O–H groups in total. The van der Waals surface area contributed by atoms with Crippen LogP contribution in [0.4, 0.5) is 0 Å². The summed E-state index contributed by atoms with van der Waals surface area (Å²) in [5.74, 6) is 0. The minimum atomic E-state index is 0.619. The lowest BCUT2D eigenvalue weighted by atomic mass is 10.4. The molecule has 14 heavy (non-hydrogen) atoms. The molecule has 0 radical (unpaired) electrons. The van der Waals surface area contributed by atoms with Crippen LogP contribution in [-0.2, 0) is 13.1 Å². The van der Waals surface area contributed by atoms with Gasteiger partial charge in [-0.1, -0.05) is 0 Å². The Morgan fingerprint density at radius 2 is 1.36 bits per heavy atom. The molecule has 0 aromatic carbocycles. The average molecular weight is 188 g/mol. The predicted molar refractivity (Wildman–Crippen MR) is 53.8 cm³/mol. The van der Waals surface area contributed by atoms with E-state index in [1.165, 1.54) is 0 Å². The van der Waals surface area contributed by atoms with Crippen molar-refractivity contribution in [1.82, 2.24) is 9.97 Å². The van der Waals surface area contributed by atoms with Gasteiger partial charge in [-0.15, -0.1) is 0 Å². The summed E-state index contributed by atoms with van der Waals surface area (Å²) in [5, 5.41) is 8.12. The monoisotopic (exact) mass is 188 g/mol. The normalized spacial score (nSPS) is 11.1. The molecular weight excluding hydrogens is 176 g/mol. The molecule has 0 bridgehead atoms. The number of hydrogen-bond donors (Lipinski definition) is 2. The first kappa shape index (κ1) is 8.74. The number of rotatable bonds is 4. The van der Waals surface area contributed by atoms with Gasteiger partial charge in [-0.3, -0.25) is 0 Å². The number of nitrogens with zero attached hydrogens (tertiary/aromatic N) is 2. The van der Waals surface area contributed by atoms with E-state index < -0.39 is 0 Å². The van der Waals surface area contributed by atoms with E-state index in [-0.39, 0.29) is 0 Å². The van der Waals surface area contributed by atoms with Gasteiger partial charge in [-0.2, -0.15) is 10.2 Å². The first-order valence-corrected chi connectivity index (χ1v) is 4.53. The smallest absolute Gasteiger partial charge is 0.0998 e. The zero-order chi connectivity index (χ0) is 9.64. The Kier molecular flexibility index (Phi) is 2.76. The van der Waals surface area contributed by atoms with E-state index >= 15 is 0 Å². The second-order valence-electron chi connectivity index (χ2n) is 2.99. The summed E-state index contributed by atoms with van der Waals surface area (Å²) in [7, 11) is 0. The summed E-state index contributed by atoms with van der Waals surface area (Å²) < 4.78 is 0. The van der Waals surface area contributed by atoms with Crippen molar-refractivity contribution in [3.05, 3.63) is 48.0 Å². The Morgan fingerprint density at radius 1 is 0.857 bits per heavy atom. The van der Waals surface area contributed by atoms with Crippen LogP contribution in [0.1, 0.15) is 11.4 Å². The summed E-state index contributed by atoms with van der Waals surface area (Å²) in [6, 6.07) is 7.90. The van der Waals surface area contributed by atoms with Gasteiger partial charge in [0.2, 0.25) is 0 Å². The summed E-state index contributed by atoms with van der Waals surface area (Å²) in [6.07, 6.45) is 3.77. The number of aromatic nitrogens is 2. The van der Waals surface area contributed by atoms with Gasteiger partial charge in [-0.05, 0) is 24.3 Å². The topological polar surface area (TPSA) is 56.3 Å². The Labute approximate surface area is 82.1 Å². The van der Waals surface area contributed by atoms with Gasteiger partial charge in [0.15, 0.2) is 0 Å². The third kappa shape index (κ3) is 2.32. The number of aromatic amines is 2. The van der Waals surface area contributed by atoms with Gasteiger partial charge in [0.25, 0.3) is 0 Å². The first-order chi connectivity index (χ1) is 6.95. The van der Waals surface area contributed by atoms with E-state index in [1.54, 1.807) is 0 Å². The van der Waals surface area contributed by atoms with Gasteiger partial charge >= 0.3 is 0 Å². The Hall–Kier alpha value is -1.84. The third-order valence-corrected chi connectivity index (χ3v) is 1.91. The quantitative estimate of drug-likeness (QED) is 0.693. The maximum absolute atomic E-state index is 4.06. The largest absolute Gasteiger partial charge is 0.363 e. The fraction of sp³-hybridized carbons (Fsp3) is 0.200. The highest BCUT2D eigenvalue weighted by Gasteiger charge is 1.90. The first-order valence-electron chi connectivity index (χ1n) is 4.53. The molecule has 2 heterocycles. The molecule has 0 aliphatic rings. The zero-order valence-corrected chi connectivity index (χ0v) is 7.77. The maximum atomic E-state index is 4.06. The zero-order valence-electron chi connectivity index (χ0n) is 7.77. The predicted octanol–water partition coefficient (Wildman–Crippen LogP) is 2.50. The SMILES string of the molecule is c1c[nH]c(CN=NCc2ccc[nH]2)c1. The molecule has 0 aliphatic heterocycles. The van der Waals surface area contributed by atoms with E-state index in [0.717, 1.165) is 11.4 Å². The summed E-state index contributed by atoms with van der Waals surface area (Å²) in [5.41, 5.74) is 2.17. The van der Waals surface area contributed by atoms with Gasteiger partial charge in [0, 0.05) is 23.8 Å². The van der Waals surface area contributed by atoms with Crippen molar-refractivity contribution >= 4 is 0 Å². The van der Waals surface area contributed by atoms with Crippen molar-refractivity contribution in [2.45, 2.75) is 13.1 Å². The van der Waals surface area contributed by atoms with E-state index in [0.29, 0.717) is 13.1 Å². The van der Waals surface area contributed by atoms with Crippen molar-refractivity contribution in [2.24, 2.45) is 10.2 Å². The standard InChI is InChI=1S/C10H12N4/c1-3-9(11-5-1)7-13-14-8-10-4-2-6-12-10/h1-6,11-12H,7-8H2. The van der Waals surface area contributed by atoms with Crippen LogP contribution >= 0.6 is 0 Å². The van der Waals surface area contributed by atoms with E-state index in [4.69, 9.17) is 0 Å². The number of hydrogen-bond acceptors (Lipinski definition) is 2. The number of azo groups is 1. The number of H-pyrrole nitrogens is 2. The second kappa shape index (κ2) is 4.41. The maximum Gasteiger partial charge on any atom is 0.0998 e. The molecule has 0 aliphatic carbocycles. The van der Waals surface area contributed by atoms with E-state index in [1.807, 2.05) is 36.7 Å². The van der Waals surface area contributed by atoms with Crippen molar-refractivity contribution in [1.29, 1.82) is 0 Å². The highest BCUT2D eigenvalue weighted by atomic mass is 15.1. The summed E-state index contributed by atoms with van der Waals surface area (Å²) in [6.45, 7) is 1.24. The molecule has 4 nitrogen and oxygen atoms in total. The van der Waals surface area contributed by atoms with Crippen LogP contribution in [0.2, 0.25) is 0 Å². The van der Waals surface area contributed by atoms with E-state index in [9.17, 15) is 0 Å². The van der Waals surface area contributed by atoms with Crippen LogP contribution in [0, 0.1) is 0 Å². The van der Waals surface area contributed by atoms with Gasteiger partial charge in [0.1, 0.15) is 0 Å². The second-order valence-corrected chi connectivity index (χ2v) is 2.99. The van der Waals surface area contributed by atoms with Gasteiger partial charge in [-0.25, -0.2) is 0 Å². The Bertz CT molecular complexity index is 334. The highest BCUT2D eigenvalue weighted by molar-refractivity contribution is 5.04. The molecule has 0 atom stereocenters. The minimum absolute atomic E-state index is 0.619. The van der Waals surface area contributed by atoms with Gasteiger partial charge < -0.3 is 9.97 Å². The Balaban J connectivity index is 1.79. The molecule has 2 rings (SSSR count). The van der Waals surface area contributed by atoms with Crippen molar-refractivity contribution < 1.29 is 0 Å². The van der Waals surface area contributed by atoms with Crippen molar-refractivity contribution in [3.63, 3.8) is 0 Å².